The zero-order chi connectivity index (χ0) is 27.2. The summed E-state index contributed by atoms with van der Waals surface area (Å²) in [6.07, 6.45) is 0.685. The first-order chi connectivity index (χ1) is 18.7. The van der Waals surface area contributed by atoms with Crippen LogP contribution in [0, 0.1) is 24.7 Å². The Kier molecular flexibility index (Phi) is 5.19. The molecule has 1 spiro atoms. The number of carbonyl (C=O) groups excluding carboxylic acids is 2. The Morgan fingerprint density at radius 3 is 2.51 bits per heavy atom. The average Bonchev–Trinajstić information content (AvgIpc) is 3.48. The maximum absolute atomic E-state index is 14.5. The summed E-state index contributed by atoms with van der Waals surface area (Å²) in [4.78, 5) is 49.0. The molecule has 4 unspecified atom stereocenters. The second kappa shape index (κ2) is 8.34. The number of amides is 2. The smallest absolute Gasteiger partial charge is 0.266 e. The van der Waals surface area contributed by atoms with Crippen molar-refractivity contribution in [2.45, 2.75) is 38.8 Å². The number of carbonyl (C=O) groups is 2. The van der Waals surface area contributed by atoms with E-state index in [0.29, 0.717) is 39.5 Å². The second-order valence-electron chi connectivity index (χ2n) is 11.2. The first-order valence-electron chi connectivity index (χ1n) is 13.3. The van der Waals surface area contributed by atoms with E-state index in [-0.39, 0.29) is 29.3 Å². The van der Waals surface area contributed by atoms with E-state index in [4.69, 9.17) is 16.6 Å². The van der Waals surface area contributed by atoms with Gasteiger partial charge in [-0.25, -0.2) is 9.88 Å². The number of nitrogens with one attached hydrogen (secondary N) is 1. The second-order valence-corrected chi connectivity index (χ2v) is 11.7. The molecule has 2 fully saturated rings. The Labute approximate surface area is 230 Å². The zero-order valence-electron chi connectivity index (χ0n) is 21.8. The van der Waals surface area contributed by atoms with Crippen LogP contribution in [0.5, 0.6) is 0 Å². The first-order valence-corrected chi connectivity index (χ1v) is 13.7. The monoisotopic (exact) mass is 538 g/mol. The molecule has 3 aliphatic heterocycles. The van der Waals surface area contributed by atoms with Crippen molar-refractivity contribution in [2.75, 3.05) is 4.90 Å². The van der Waals surface area contributed by atoms with Crippen LogP contribution in [-0.2, 0) is 15.1 Å². The van der Waals surface area contributed by atoms with Gasteiger partial charge < -0.3 is 0 Å². The number of para-hydroxylation sites is 2. The quantitative estimate of drug-likeness (QED) is 0.381. The Bertz CT molecular complexity index is 1780. The van der Waals surface area contributed by atoms with Crippen molar-refractivity contribution in [3.05, 3.63) is 99.1 Å². The molecule has 0 radical (unpaired) electrons. The normalized spacial score (nSPS) is 25.2. The van der Waals surface area contributed by atoms with Crippen LogP contribution in [0.4, 0.5) is 5.69 Å². The summed E-state index contributed by atoms with van der Waals surface area (Å²) in [5.41, 5.74) is 1.99. The fourth-order valence-corrected chi connectivity index (χ4v) is 7.16. The minimum atomic E-state index is -1.14. The van der Waals surface area contributed by atoms with Gasteiger partial charge in [0.2, 0.25) is 11.8 Å². The fourth-order valence-electron chi connectivity index (χ4n) is 6.99. The SMILES string of the molecule is Cc1ccc(Cl)cc1N1C(=O)C2C(CC(C)C)NC3(c4ccccc4-n4c3nc3ccccc3c4=O)C2C1=O. The maximum atomic E-state index is 14.5. The van der Waals surface area contributed by atoms with Crippen LogP contribution in [0.2, 0.25) is 5.02 Å². The number of benzene rings is 3. The van der Waals surface area contributed by atoms with Gasteiger partial charge in [0.25, 0.3) is 5.56 Å². The third-order valence-electron chi connectivity index (χ3n) is 8.50. The number of imide groups is 1. The molecule has 3 aliphatic rings. The number of halogens is 1. The number of hydrogen-bond acceptors (Lipinski definition) is 5. The lowest BCUT2D eigenvalue weighted by Gasteiger charge is -2.32. The zero-order valence-corrected chi connectivity index (χ0v) is 22.6. The predicted molar refractivity (Wildman–Crippen MR) is 150 cm³/mol. The molecule has 2 saturated heterocycles. The highest BCUT2D eigenvalue weighted by Crippen LogP contribution is 2.56. The van der Waals surface area contributed by atoms with E-state index in [1.165, 1.54) is 4.90 Å². The van der Waals surface area contributed by atoms with Crippen molar-refractivity contribution in [1.29, 1.82) is 0 Å². The highest BCUT2D eigenvalue weighted by molar-refractivity contribution is 6.31. The van der Waals surface area contributed by atoms with Gasteiger partial charge in [-0.1, -0.05) is 61.8 Å². The molecule has 0 saturated carbocycles. The third-order valence-corrected chi connectivity index (χ3v) is 8.73. The Balaban J connectivity index is 1.53. The third kappa shape index (κ3) is 3.14. The van der Waals surface area contributed by atoms with Gasteiger partial charge in [0.15, 0.2) is 0 Å². The minimum Gasteiger partial charge on any atom is -0.297 e. The van der Waals surface area contributed by atoms with Crippen LogP contribution in [0.3, 0.4) is 0 Å². The van der Waals surface area contributed by atoms with Gasteiger partial charge >= 0.3 is 0 Å². The molecule has 7 rings (SSSR count). The molecule has 1 aromatic heterocycles. The summed E-state index contributed by atoms with van der Waals surface area (Å²) in [6.45, 7) is 6.08. The van der Waals surface area contributed by atoms with Gasteiger partial charge in [-0.2, -0.15) is 0 Å². The topological polar surface area (TPSA) is 84.3 Å². The largest absolute Gasteiger partial charge is 0.297 e. The number of rotatable bonds is 3. The van der Waals surface area contributed by atoms with E-state index in [0.717, 1.165) is 11.1 Å². The molecule has 8 heteroatoms. The lowest BCUT2D eigenvalue weighted by atomic mass is 9.75. The molecule has 4 aromatic rings. The minimum absolute atomic E-state index is 0.190. The van der Waals surface area contributed by atoms with Gasteiger partial charge in [0.05, 0.1) is 34.1 Å². The van der Waals surface area contributed by atoms with Crippen LogP contribution < -0.4 is 15.8 Å². The lowest BCUT2D eigenvalue weighted by Crippen LogP contribution is -2.50. The van der Waals surface area contributed by atoms with E-state index >= 15 is 0 Å². The number of aromatic nitrogens is 2. The van der Waals surface area contributed by atoms with Crippen molar-refractivity contribution in [3.63, 3.8) is 0 Å². The number of fused-ring (bicyclic) bond motifs is 8. The van der Waals surface area contributed by atoms with Crippen molar-refractivity contribution >= 4 is 40.0 Å². The van der Waals surface area contributed by atoms with Crippen molar-refractivity contribution < 1.29 is 9.59 Å². The molecule has 39 heavy (non-hydrogen) atoms. The average molecular weight is 539 g/mol. The van der Waals surface area contributed by atoms with Crippen LogP contribution in [0.25, 0.3) is 16.6 Å². The molecule has 0 bridgehead atoms. The highest BCUT2D eigenvalue weighted by Gasteiger charge is 2.69. The van der Waals surface area contributed by atoms with Crippen molar-refractivity contribution in [3.8, 4) is 5.69 Å². The van der Waals surface area contributed by atoms with E-state index in [1.807, 2.05) is 55.5 Å². The van der Waals surface area contributed by atoms with Gasteiger partial charge in [-0.3, -0.25) is 24.3 Å². The molecule has 3 aromatic carbocycles. The van der Waals surface area contributed by atoms with E-state index in [1.54, 1.807) is 22.8 Å². The van der Waals surface area contributed by atoms with Crippen molar-refractivity contribution in [1.82, 2.24) is 14.9 Å². The summed E-state index contributed by atoms with van der Waals surface area (Å²) >= 11 is 6.33. The fraction of sp³-hybridized carbons (Fsp3) is 0.290. The molecule has 2 amide bonds. The Hall–Kier alpha value is -3.81. The molecule has 4 atom stereocenters. The summed E-state index contributed by atoms with van der Waals surface area (Å²) in [6, 6.07) is 19.8. The van der Waals surface area contributed by atoms with Gasteiger partial charge in [-0.05, 0) is 55.2 Å². The number of nitrogens with zero attached hydrogens (tertiary/aromatic N) is 3. The van der Waals surface area contributed by atoms with E-state index < -0.39 is 17.4 Å². The Morgan fingerprint density at radius 1 is 0.974 bits per heavy atom. The van der Waals surface area contributed by atoms with E-state index in [2.05, 4.69) is 19.2 Å². The molecule has 196 valence electrons. The number of anilines is 1. The van der Waals surface area contributed by atoms with E-state index in [9.17, 15) is 14.4 Å². The highest BCUT2D eigenvalue weighted by atomic mass is 35.5. The van der Waals surface area contributed by atoms with Crippen LogP contribution in [-0.4, -0.2) is 27.4 Å². The molecule has 4 heterocycles. The number of hydrogen-bond donors (Lipinski definition) is 1. The predicted octanol–water partition coefficient (Wildman–Crippen LogP) is 4.73. The number of aryl methyl sites for hydroxylation is 1. The summed E-state index contributed by atoms with van der Waals surface area (Å²) in [7, 11) is 0. The Morgan fingerprint density at radius 2 is 1.72 bits per heavy atom. The summed E-state index contributed by atoms with van der Waals surface area (Å²) in [5, 5.41) is 4.71. The van der Waals surface area contributed by atoms with Gasteiger partial charge in [-0.15, -0.1) is 0 Å². The lowest BCUT2D eigenvalue weighted by molar-refractivity contribution is -0.123. The molecular formula is C31H27ClN4O3. The van der Waals surface area contributed by atoms with Crippen LogP contribution in [0.15, 0.2) is 71.5 Å². The summed E-state index contributed by atoms with van der Waals surface area (Å²) in [5.74, 6) is -1.23. The van der Waals surface area contributed by atoms with Crippen molar-refractivity contribution in [2.24, 2.45) is 17.8 Å². The van der Waals surface area contributed by atoms with Gasteiger partial charge in [0, 0.05) is 16.6 Å². The molecular weight excluding hydrogens is 512 g/mol. The molecule has 7 nitrogen and oxygen atoms in total. The summed E-state index contributed by atoms with van der Waals surface area (Å²) < 4.78 is 1.63. The van der Waals surface area contributed by atoms with Crippen LogP contribution >= 0.6 is 11.6 Å². The molecule has 0 aliphatic carbocycles. The first kappa shape index (κ1) is 24.2. The van der Waals surface area contributed by atoms with Gasteiger partial charge in [0.1, 0.15) is 11.4 Å². The standard InChI is InChI=1S/C31H27ClN4O3/c1-16(2)14-22-25-26(29(39)35(28(25)38)24-15-18(32)13-12-17(24)3)31(34-22)20-9-5-7-11-23(20)36-27(37)19-8-4-6-10-21(19)33-30(31)36/h4-13,15-16,22,25-26,34H,14H2,1-3H3. The van der Waals surface area contributed by atoms with Crippen LogP contribution in [0.1, 0.15) is 37.2 Å². The molecule has 1 N–H and O–H groups in total. The maximum Gasteiger partial charge on any atom is 0.266 e.